The first-order chi connectivity index (χ1) is 16.8. The van der Waals surface area contributed by atoms with Crippen molar-refractivity contribution in [3.05, 3.63) is 90.0 Å². The van der Waals surface area contributed by atoms with Crippen molar-refractivity contribution in [3.8, 4) is 11.5 Å². The van der Waals surface area contributed by atoms with Crippen LogP contribution in [0.2, 0.25) is 0 Å². The Morgan fingerprint density at radius 2 is 1.39 bits per heavy atom. The summed E-state index contributed by atoms with van der Waals surface area (Å²) in [6, 6.07) is 18.2. The molecule has 0 radical (unpaired) electrons. The number of hydrogen-bond donors (Lipinski definition) is 1. The van der Waals surface area contributed by atoms with Crippen molar-refractivity contribution in [2.24, 2.45) is 0 Å². The van der Waals surface area contributed by atoms with Crippen molar-refractivity contribution in [2.75, 3.05) is 18.0 Å². The molecule has 0 aliphatic carbocycles. The number of halogens is 8. The van der Waals surface area contributed by atoms with Gasteiger partial charge in [0.2, 0.25) is 0 Å². The van der Waals surface area contributed by atoms with E-state index < -0.39 is 36.5 Å². The number of rotatable bonds is 9. The Kier molecular flexibility index (Phi) is 8.12. The maximum Gasteiger partial charge on any atom is 0.458 e. The molecule has 0 fully saturated rings. The minimum atomic E-state index is -5.80. The zero-order valence-corrected chi connectivity index (χ0v) is 18.5. The van der Waals surface area contributed by atoms with Gasteiger partial charge >= 0.3 is 18.3 Å². The summed E-state index contributed by atoms with van der Waals surface area (Å²) < 4.78 is 111. The van der Waals surface area contributed by atoms with E-state index in [1.54, 1.807) is 36.4 Å². The molecule has 0 unspecified atom stereocenters. The lowest BCUT2D eigenvalue weighted by Gasteiger charge is -2.29. The van der Waals surface area contributed by atoms with E-state index in [-0.39, 0.29) is 30.0 Å². The van der Waals surface area contributed by atoms with E-state index in [2.05, 4.69) is 0 Å². The molecule has 0 aromatic heterocycles. The second-order valence-electron chi connectivity index (χ2n) is 7.94. The monoisotopic (exact) mass is 519 g/mol. The van der Waals surface area contributed by atoms with Crippen LogP contribution >= 0.6 is 0 Å². The van der Waals surface area contributed by atoms with E-state index in [1.807, 2.05) is 0 Å². The Hall–Kier alpha value is -3.34. The number of nitrogens with zero attached hydrogens (tertiary/aromatic N) is 1. The molecule has 0 aliphatic heterocycles. The summed E-state index contributed by atoms with van der Waals surface area (Å²) in [5.41, 5.74) is -0.990. The van der Waals surface area contributed by atoms with Gasteiger partial charge in [0.1, 0.15) is 11.5 Å². The molecule has 0 heterocycles. The topological polar surface area (TPSA) is 32.7 Å². The van der Waals surface area contributed by atoms with Gasteiger partial charge in [-0.15, -0.1) is 0 Å². The summed E-state index contributed by atoms with van der Waals surface area (Å²) >= 11 is 0. The fourth-order valence-corrected chi connectivity index (χ4v) is 3.36. The Morgan fingerprint density at radius 3 is 2.03 bits per heavy atom. The summed E-state index contributed by atoms with van der Waals surface area (Å²) in [4.78, 5) is 1.16. The molecule has 0 saturated heterocycles. The first kappa shape index (κ1) is 27.3. The van der Waals surface area contributed by atoms with E-state index in [9.17, 15) is 40.2 Å². The minimum absolute atomic E-state index is 0.0552. The fourth-order valence-electron chi connectivity index (χ4n) is 3.36. The van der Waals surface area contributed by atoms with Crippen molar-refractivity contribution in [1.82, 2.24) is 0 Å². The molecule has 0 bridgehead atoms. The van der Waals surface area contributed by atoms with Gasteiger partial charge in [-0.25, -0.2) is 0 Å². The number of aliphatic hydroxyl groups excluding tert-OH is 1. The lowest BCUT2D eigenvalue weighted by molar-refractivity contribution is -0.289. The lowest BCUT2D eigenvalue weighted by atomic mass is 10.0. The molecule has 3 nitrogen and oxygen atoms in total. The fraction of sp³-hybridized carbons (Fsp3) is 0.280. The third kappa shape index (κ3) is 6.87. The predicted octanol–water partition coefficient (Wildman–Crippen LogP) is 7.11. The molecule has 0 spiro atoms. The summed E-state index contributed by atoms with van der Waals surface area (Å²) in [5, 5.41) is 9.64. The minimum Gasteiger partial charge on any atom is -0.457 e. The standard InChI is InChI=1S/C25H21F8NO2/c26-23(27,25(31,32)33)18-7-4-6-17(14-18)12-13-34(16-22(35)24(28,29)30)19-8-5-11-21(15-19)36-20-9-2-1-3-10-20/h1-11,14-15,22,35H,12-13,16H2/t22-/m1/s1. The lowest BCUT2D eigenvalue weighted by Crippen LogP contribution is -2.42. The number of benzene rings is 3. The molecule has 36 heavy (non-hydrogen) atoms. The third-order valence-electron chi connectivity index (χ3n) is 5.25. The molecule has 0 saturated carbocycles. The van der Waals surface area contributed by atoms with Crippen LogP contribution in [0.5, 0.6) is 11.5 Å². The van der Waals surface area contributed by atoms with E-state index in [0.717, 1.165) is 11.0 Å². The van der Waals surface area contributed by atoms with E-state index in [1.165, 1.54) is 24.3 Å². The number of hydrogen-bond acceptors (Lipinski definition) is 3. The molecule has 1 atom stereocenters. The summed E-state index contributed by atoms with van der Waals surface area (Å²) in [6.45, 7) is -1.11. The quantitative estimate of drug-likeness (QED) is 0.306. The maximum atomic E-state index is 13.7. The van der Waals surface area contributed by atoms with Crippen molar-refractivity contribution in [2.45, 2.75) is 30.8 Å². The average Bonchev–Trinajstić information content (AvgIpc) is 2.81. The normalized spacial score (nSPS) is 13.4. The molecule has 0 aliphatic rings. The van der Waals surface area contributed by atoms with Crippen LogP contribution in [-0.2, 0) is 12.3 Å². The van der Waals surface area contributed by atoms with Crippen LogP contribution < -0.4 is 9.64 Å². The van der Waals surface area contributed by atoms with Gasteiger partial charge in [-0.05, 0) is 42.3 Å². The average molecular weight is 519 g/mol. The summed E-state index contributed by atoms with van der Waals surface area (Å²) in [7, 11) is 0. The Bertz CT molecular complexity index is 1130. The highest BCUT2D eigenvalue weighted by atomic mass is 19.4. The smallest absolute Gasteiger partial charge is 0.457 e. The number of aliphatic hydroxyl groups is 1. The molecular formula is C25H21F8NO2. The number of anilines is 1. The number of para-hydroxylation sites is 1. The molecule has 194 valence electrons. The predicted molar refractivity (Wildman–Crippen MR) is 117 cm³/mol. The molecule has 3 aromatic rings. The van der Waals surface area contributed by atoms with E-state index in [4.69, 9.17) is 4.74 Å². The molecule has 3 rings (SSSR count). The van der Waals surface area contributed by atoms with E-state index in [0.29, 0.717) is 17.9 Å². The highest BCUT2D eigenvalue weighted by Gasteiger charge is 2.58. The zero-order valence-electron chi connectivity index (χ0n) is 18.5. The second-order valence-corrected chi connectivity index (χ2v) is 7.94. The highest BCUT2D eigenvalue weighted by Crippen LogP contribution is 2.44. The van der Waals surface area contributed by atoms with Gasteiger partial charge < -0.3 is 14.7 Å². The zero-order chi connectivity index (χ0) is 26.6. The molecule has 3 aromatic carbocycles. The van der Waals surface area contributed by atoms with Crippen LogP contribution in [0.25, 0.3) is 0 Å². The molecule has 11 heteroatoms. The van der Waals surface area contributed by atoms with E-state index >= 15 is 0 Å². The van der Waals surface area contributed by atoms with Crippen LogP contribution in [0, 0.1) is 0 Å². The first-order valence-corrected chi connectivity index (χ1v) is 10.6. The van der Waals surface area contributed by atoms with Crippen molar-refractivity contribution < 1.29 is 45.0 Å². The van der Waals surface area contributed by atoms with Crippen LogP contribution in [0.4, 0.5) is 40.8 Å². The SMILES string of the molecule is O[C@H](CN(CCc1cccc(C(F)(F)C(F)(F)F)c1)c1cccc(Oc2ccccc2)c1)C(F)(F)F. The second kappa shape index (κ2) is 10.7. The van der Waals surface area contributed by atoms with Crippen LogP contribution in [0.3, 0.4) is 0 Å². The van der Waals surface area contributed by atoms with Gasteiger partial charge in [0.15, 0.2) is 6.10 Å². The number of ether oxygens (including phenoxy) is 1. The maximum absolute atomic E-state index is 13.7. The van der Waals surface area contributed by atoms with Crippen LogP contribution in [0.1, 0.15) is 11.1 Å². The Balaban J connectivity index is 1.84. The molecular weight excluding hydrogens is 498 g/mol. The van der Waals surface area contributed by atoms with Gasteiger partial charge in [-0.3, -0.25) is 0 Å². The Morgan fingerprint density at radius 1 is 0.750 bits per heavy atom. The van der Waals surface area contributed by atoms with Gasteiger partial charge in [-0.1, -0.05) is 42.5 Å². The van der Waals surface area contributed by atoms with Crippen LogP contribution in [0.15, 0.2) is 78.9 Å². The van der Waals surface area contributed by atoms with Crippen LogP contribution in [-0.4, -0.2) is 36.7 Å². The van der Waals surface area contributed by atoms with Gasteiger partial charge in [0.05, 0.1) is 6.54 Å². The highest BCUT2D eigenvalue weighted by molar-refractivity contribution is 5.52. The summed E-state index contributed by atoms with van der Waals surface area (Å²) in [6.07, 6.45) is -13.6. The summed E-state index contributed by atoms with van der Waals surface area (Å²) in [5.74, 6) is -4.32. The Labute approximate surface area is 201 Å². The third-order valence-corrected chi connectivity index (χ3v) is 5.25. The van der Waals surface area contributed by atoms with Gasteiger partial charge in [0.25, 0.3) is 0 Å². The largest absolute Gasteiger partial charge is 0.458 e. The van der Waals surface area contributed by atoms with Crippen molar-refractivity contribution in [3.63, 3.8) is 0 Å². The number of alkyl halides is 8. The first-order valence-electron chi connectivity index (χ1n) is 10.6. The van der Waals surface area contributed by atoms with Crippen molar-refractivity contribution >= 4 is 5.69 Å². The van der Waals surface area contributed by atoms with Gasteiger partial charge in [-0.2, -0.15) is 35.1 Å². The van der Waals surface area contributed by atoms with Crippen molar-refractivity contribution in [1.29, 1.82) is 0 Å². The molecule has 0 amide bonds. The van der Waals surface area contributed by atoms with Gasteiger partial charge in [0, 0.05) is 23.9 Å². The molecule has 1 N–H and O–H groups in total.